The molecule has 18 heavy (non-hydrogen) atoms. The summed E-state index contributed by atoms with van der Waals surface area (Å²) in [5.74, 6) is -0.589. The van der Waals surface area contributed by atoms with Crippen molar-refractivity contribution in [3.63, 3.8) is 0 Å². The molecule has 5 heteroatoms. The summed E-state index contributed by atoms with van der Waals surface area (Å²) in [4.78, 5) is 29.3. The van der Waals surface area contributed by atoms with Crippen molar-refractivity contribution in [1.29, 1.82) is 0 Å². The molecule has 1 unspecified atom stereocenters. The fourth-order valence-corrected chi connectivity index (χ4v) is 2.23. The van der Waals surface area contributed by atoms with E-state index in [1.54, 1.807) is 23.2 Å². The monoisotopic (exact) mass is 247 g/mol. The van der Waals surface area contributed by atoms with Gasteiger partial charge in [0.25, 0.3) is 5.91 Å². The highest BCUT2D eigenvalue weighted by Gasteiger charge is 2.31. The molecule has 0 aliphatic carbocycles. The molecule has 0 aromatic carbocycles. The first kappa shape index (κ1) is 12.5. The third kappa shape index (κ3) is 2.50. The smallest absolute Gasteiger partial charge is 0.256 e. The average molecular weight is 247 g/mol. The molecule has 1 aromatic rings. The van der Waals surface area contributed by atoms with E-state index >= 15 is 0 Å². The molecule has 0 radical (unpaired) electrons. The molecule has 1 fully saturated rings. The zero-order chi connectivity index (χ0) is 13.1. The van der Waals surface area contributed by atoms with Crippen LogP contribution in [0.3, 0.4) is 0 Å². The first-order valence-electron chi connectivity index (χ1n) is 6.12. The Morgan fingerprint density at radius 1 is 1.39 bits per heavy atom. The standard InChI is InChI=1S/C13H17N3O2/c1-9-5-6-10(8-15-9)13(18)16-7-3-2-4-11(16)12(14)17/h5-6,8,11H,2-4,7H2,1H3,(H2,14,17). The Hall–Kier alpha value is -1.91. The lowest BCUT2D eigenvalue weighted by atomic mass is 10.0. The van der Waals surface area contributed by atoms with Crippen molar-refractivity contribution >= 4 is 11.8 Å². The van der Waals surface area contributed by atoms with Gasteiger partial charge in [0.1, 0.15) is 6.04 Å². The van der Waals surface area contributed by atoms with Crippen LogP contribution in [0.5, 0.6) is 0 Å². The highest BCUT2D eigenvalue weighted by atomic mass is 16.2. The van der Waals surface area contributed by atoms with Gasteiger partial charge in [-0.15, -0.1) is 0 Å². The number of aromatic nitrogens is 1. The minimum Gasteiger partial charge on any atom is -0.368 e. The second-order valence-electron chi connectivity index (χ2n) is 4.60. The molecular weight excluding hydrogens is 230 g/mol. The van der Waals surface area contributed by atoms with Gasteiger partial charge in [0.15, 0.2) is 0 Å². The van der Waals surface area contributed by atoms with Gasteiger partial charge in [-0.2, -0.15) is 0 Å². The number of rotatable bonds is 2. The van der Waals surface area contributed by atoms with Crippen LogP contribution in [0.2, 0.25) is 0 Å². The van der Waals surface area contributed by atoms with Gasteiger partial charge < -0.3 is 10.6 Å². The van der Waals surface area contributed by atoms with Crippen molar-refractivity contribution in [3.8, 4) is 0 Å². The van der Waals surface area contributed by atoms with Crippen LogP contribution >= 0.6 is 0 Å². The Balaban J connectivity index is 2.20. The van der Waals surface area contributed by atoms with E-state index in [2.05, 4.69) is 4.98 Å². The Bertz CT molecular complexity index is 456. The third-order valence-electron chi connectivity index (χ3n) is 3.25. The number of hydrogen-bond donors (Lipinski definition) is 1. The van der Waals surface area contributed by atoms with E-state index in [0.29, 0.717) is 18.5 Å². The van der Waals surface area contributed by atoms with E-state index in [4.69, 9.17) is 5.73 Å². The van der Waals surface area contributed by atoms with E-state index in [1.807, 2.05) is 6.92 Å². The predicted octanol–water partition coefficient (Wildman–Crippen LogP) is 0.870. The van der Waals surface area contributed by atoms with E-state index in [9.17, 15) is 9.59 Å². The number of carbonyl (C=O) groups excluding carboxylic acids is 2. The van der Waals surface area contributed by atoms with Crippen LogP contribution in [0.25, 0.3) is 0 Å². The molecular formula is C13H17N3O2. The van der Waals surface area contributed by atoms with Crippen LogP contribution in [-0.4, -0.2) is 34.3 Å². The Morgan fingerprint density at radius 3 is 2.78 bits per heavy atom. The SMILES string of the molecule is Cc1ccc(C(=O)N2CCCCC2C(N)=O)cn1. The molecule has 2 N–H and O–H groups in total. The van der Waals surface area contributed by atoms with Crippen LogP contribution in [0.15, 0.2) is 18.3 Å². The Morgan fingerprint density at radius 2 is 2.17 bits per heavy atom. The maximum absolute atomic E-state index is 12.3. The van der Waals surface area contributed by atoms with Gasteiger partial charge in [-0.3, -0.25) is 14.6 Å². The number of nitrogens with zero attached hydrogens (tertiary/aromatic N) is 2. The number of likely N-dealkylation sites (tertiary alicyclic amines) is 1. The first-order chi connectivity index (χ1) is 8.59. The quantitative estimate of drug-likeness (QED) is 0.842. The number of piperidine rings is 1. The summed E-state index contributed by atoms with van der Waals surface area (Å²) in [5, 5.41) is 0. The van der Waals surface area contributed by atoms with Gasteiger partial charge in [0, 0.05) is 18.4 Å². The van der Waals surface area contributed by atoms with E-state index in [1.165, 1.54) is 0 Å². The molecule has 1 saturated heterocycles. The van der Waals surface area contributed by atoms with Gasteiger partial charge >= 0.3 is 0 Å². The van der Waals surface area contributed by atoms with Crippen LogP contribution in [0, 0.1) is 6.92 Å². The minimum atomic E-state index is -0.479. The van der Waals surface area contributed by atoms with Crippen LogP contribution < -0.4 is 5.73 Å². The summed E-state index contributed by atoms with van der Waals surface area (Å²) in [5.41, 5.74) is 6.72. The maximum atomic E-state index is 12.3. The van der Waals surface area contributed by atoms with Crippen molar-refractivity contribution in [3.05, 3.63) is 29.6 Å². The molecule has 96 valence electrons. The molecule has 0 bridgehead atoms. The number of amides is 2. The average Bonchev–Trinajstić information content (AvgIpc) is 2.39. The molecule has 1 aliphatic rings. The number of nitrogens with two attached hydrogens (primary N) is 1. The fraction of sp³-hybridized carbons (Fsp3) is 0.462. The predicted molar refractivity (Wildman–Crippen MR) is 66.8 cm³/mol. The lowest BCUT2D eigenvalue weighted by Gasteiger charge is -2.33. The summed E-state index contributed by atoms with van der Waals surface area (Å²) < 4.78 is 0. The van der Waals surface area contributed by atoms with Crippen molar-refractivity contribution in [2.45, 2.75) is 32.2 Å². The fourth-order valence-electron chi connectivity index (χ4n) is 2.23. The van der Waals surface area contributed by atoms with Crippen LogP contribution in [-0.2, 0) is 4.79 Å². The van der Waals surface area contributed by atoms with Gasteiger partial charge in [0.05, 0.1) is 5.56 Å². The number of hydrogen-bond acceptors (Lipinski definition) is 3. The molecule has 1 atom stereocenters. The summed E-state index contributed by atoms with van der Waals surface area (Å²) in [6, 6.07) is 3.04. The number of aryl methyl sites for hydroxylation is 1. The van der Waals surface area contributed by atoms with E-state index in [0.717, 1.165) is 18.5 Å². The molecule has 1 aliphatic heterocycles. The lowest BCUT2D eigenvalue weighted by molar-refractivity contribution is -0.123. The number of primary amides is 1. The second kappa shape index (κ2) is 5.16. The van der Waals surface area contributed by atoms with Crippen molar-refractivity contribution in [1.82, 2.24) is 9.88 Å². The summed E-state index contributed by atoms with van der Waals surface area (Å²) in [6.07, 6.45) is 4.04. The van der Waals surface area contributed by atoms with E-state index in [-0.39, 0.29) is 5.91 Å². The summed E-state index contributed by atoms with van der Waals surface area (Å²) in [6.45, 7) is 2.45. The number of carbonyl (C=O) groups is 2. The lowest BCUT2D eigenvalue weighted by Crippen LogP contribution is -2.50. The molecule has 1 aromatic heterocycles. The van der Waals surface area contributed by atoms with Gasteiger partial charge in [0.2, 0.25) is 5.91 Å². The summed E-state index contributed by atoms with van der Waals surface area (Å²) in [7, 11) is 0. The molecule has 2 amide bonds. The largest absolute Gasteiger partial charge is 0.368 e. The molecule has 0 spiro atoms. The third-order valence-corrected chi connectivity index (χ3v) is 3.25. The van der Waals surface area contributed by atoms with Crippen LogP contribution in [0.4, 0.5) is 0 Å². The molecule has 0 saturated carbocycles. The van der Waals surface area contributed by atoms with E-state index < -0.39 is 11.9 Å². The zero-order valence-electron chi connectivity index (χ0n) is 10.4. The van der Waals surface area contributed by atoms with Gasteiger partial charge in [-0.1, -0.05) is 0 Å². The Labute approximate surface area is 106 Å². The minimum absolute atomic E-state index is 0.161. The second-order valence-corrected chi connectivity index (χ2v) is 4.60. The highest BCUT2D eigenvalue weighted by Crippen LogP contribution is 2.19. The zero-order valence-corrected chi connectivity index (χ0v) is 10.4. The van der Waals surface area contributed by atoms with Crippen molar-refractivity contribution in [2.75, 3.05) is 6.54 Å². The molecule has 2 heterocycles. The first-order valence-corrected chi connectivity index (χ1v) is 6.12. The molecule has 2 rings (SSSR count). The van der Waals surface area contributed by atoms with Crippen molar-refractivity contribution < 1.29 is 9.59 Å². The summed E-state index contributed by atoms with van der Waals surface area (Å²) >= 11 is 0. The highest BCUT2D eigenvalue weighted by molar-refractivity contribution is 5.97. The molecule has 5 nitrogen and oxygen atoms in total. The number of pyridine rings is 1. The van der Waals surface area contributed by atoms with Crippen LogP contribution in [0.1, 0.15) is 35.3 Å². The van der Waals surface area contributed by atoms with Crippen molar-refractivity contribution in [2.24, 2.45) is 5.73 Å². The van der Waals surface area contributed by atoms with Gasteiger partial charge in [-0.05, 0) is 38.3 Å². The topological polar surface area (TPSA) is 76.3 Å². The Kier molecular flexibility index (Phi) is 3.60. The van der Waals surface area contributed by atoms with Gasteiger partial charge in [-0.25, -0.2) is 0 Å². The maximum Gasteiger partial charge on any atom is 0.256 e. The normalized spacial score (nSPS) is 19.6.